The van der Waals surface area contributed by atoms with Crippen LogP contribution in [0.3, 0.4) is 0 Å². The van der Waals surface area contributed by atoms with Gasteiger partial charge in [0.15, 0.2) is 10.8 Å². The minimum Gasteiger partial charge on any atom is -0.461 e. The fourth-order valence-corrected chi connectivity index (χ4v) is 3.64. The molecule has 1 aromatic heterocycles. The lowest BCUT2D eigenvalue weighted by molar-refractivity contribution is 0.0519. The lowest BCUT2D eigenvalue weighted by atomic mass is 9.89. The number of hydrogen-bond acceptors (Lipinski definition) is 5. The molecule has 0 unspecified atom stereocenters. The Hall–Kier alpha value is -1.10. The van der Waals surface area contributed by atoms with Gasteiger partial charge in [-0.25, -0.2) is 9.78 Å². The first-order valence-corrected chi connectivity index (χ1v) is 8.29. The van der Waals surface area contributed by atoms with Gasteiger partial charge in [0.1, 0.15) is 0 Å². The van der Waals surface area contributed by atoms with Crippen LogP contribution >= 0.6 is 11.3 Å². The zero-order chi connectivity index (χ0) is 14.5. The fraction of sp³-hybridized carbons (Fsp3) is 0.733. The Morgan fingerprint density at radius 1 is 1.40 bits per heavy atom. The van der Waals surface area contributed by atoms with Gasteiger partial charge in [-0.2, -0.15) is 0 Å². The molecule has 0 aliphatic heterocycles. The van der Waals surface area contributed by atoms with Gasteiger partial charge < -0.3 is 9.64 Å². The number of anilines is 1. The van der Waals surface area contributed by atoms with E-state index < -0.39 is 0 Å². The summed E-state index contributed by atoms with van der Waals surface area (Å²) in [6.07, 6.45) is 6.72. The van der Waals surface area contributed by atoms with Crippen molar-refractivity contribution >= 4 is 22.4 Å². The molecule has 1 aliphatic carbocycles. The predicted octanol–water partition coefficient (Wildman–Crippen LogP) is 3.64. The largest absolute Gasteiger partial charge is 0.461 e. The maximum Gasteiger partial charge on any atom is 0.358 e. The molecule has 4 nitrogen and oxygen atoms in total. The molecule has 1 saturated carbocycles. The smallest absolute Gasteiger partial charge is 0.358 e. The molecule has 0 aromatic carbocycles. The molecule has 1 fully saturated rings. The van der Waals surface area contributed by atoms with E-state index in [1.54, 1.807) is 11.3 Å². The normalized spacial score (nSPS) is 16.1. The molecule has 5 heteroatoms. The van der Waals surface area contributed by atoms with Crippen molar-refractivity contribution in [2.75, 3.05) is 25.1 Å². The van der Waals surface area contributed by atoms with Gasteiger partial charge in [0.05, 0.1) is 6.61 Å². The number of nitrogens with zero attached hydrogens (tertiary/aromatic N) is 2. The number of esters is 1. The SMILES string of the molecule is CCOC(=O)c1nc(N(C)CC2CCCCC2)sc1C. The maximum absolute atomic E-state index is 11.8. The molecule has 0 bridgehead atoms. The minimum atomic E-state index is -0.307. The Bertz CT molecular complexity index is 453. The van der Waals surface area contributed by atoms with Crippen molar-refractivity contribution in [3.63, 3.8) is 0 Å². The first-order chi connectivity index (χ1) is 9.61. The highest BCUT2D eigenvalue weighted by Crippen LogP contribution is 2.29. The second kappa shape index (κ2) is 7.07. The van der Waals surface area contributed by atoms with E-state index >= 15 is 0 Å². The van der Waals surface area contributed by atoms with Gasteiger partial charge in [-0.05, 0) is 32.6 Å². The number of carbonyl (C=O) groups excluding carboxylic acids is 1. The van der Waals surface area contributed by atoms with E-state index in [1.807, 2.05) is 13.8 Å². The van der Waals surface area contributed by atoms with Crippen LogP contribution in [0.5, 0.6) is 0 Å². The Labute approximate surface area is 125 Å². The summed E-state index contributed by atoms with van der Waals surface area (Å²) in [5.74, 6) is 0.461. The predicted molar refractivity (Wildman–Crippen MR) is 82.7 cm³/mol. The second-order valence-corrected chi connectivity index (χ2v) is 6.69. The zero-order valence-corrected chi connectivity index (χ0v) is 13.5. The molecule has 2 rings (SSSR count). The van der Waals surface area contributed by atoms with Crippen LogP contribution in [0, 0.1) is 12.8 Å². The molecule has 0 saturated heterocycles. The highest BCUT2D eigenvalue weighted by atomic mass is 32.1. The number of thiazole rings is 1. The molecule has 0 N–H and O–H groups in total. The van der Waals surface area contributed by atoms with E-state index in [1.165, 1.54) is 32.1 Å². The monoisotopic (exact) mass is 296 g/mol. The lowest BCUT2D eigenvalue weighted by Crippen LogP contribution is -2.26. The number of aromatic nitrogens is 1. The third kappa shape index (κ3) is 3.72. The Morgan fingerprint density at radius 2 is 2.10 bits per heavy atom. The third-order valence-electron chi connectivity index (χ3n) is 3.84. The minimum absolute atomic E-state index is 0.307. The van der Waals surface area contributed by atoms with E-state index in [0.717, 1.165) is 22.5 Å². The van der Waals surface area contributed by atoms with Crippen molar-refractivity contribution in [2.45, 2.75) is 46.0 Å². The molecule has 1 aliphatic rings. The summed E-state index contributed by atoms with van der Waals surface area (Å²) in [5.41, 5.74) is 0.474. The summed E-state index contributed by atoms with van der Waals surface area (Å²) < 4.78 is 5.04. The van der Waals surface area contributed by atoms with E-state index in [4.69, 9.17) is 4.74 Å². The van der Waals surface area contributed by atoms with Gasteiger partial charge in [0.2, 0.25) is 0 Å². The van der Waals surface area contributed by atoms with Crippen molar-refractivity contribution in [3.8, 4) is 0 Å². The highest BCUT2D eigenvalue weighted by Gasteiger charge is 2.21. The molecular formula is C15H24N2O2S. The fourth-order valence-electron chi connectivity index (χ4n) is 2.77. The summed E-state index contributed by atoms with van der Waals surface area (Å²) >= 11 is 1.58. The number of rotatable bonds is 5. The van der Waals surface area contributed by atoms with Crippen LogP contribution in [-0.4, -0.2) is 31.2 Å². The van der Waals surface area contributed by atoms with Crippen molar-refractivity contribution in [2.24, 2.45) is 5.92 Å². The molecule has 1 heterocycles. The van der Waals surface area contributed by atoms with Gasteiger partial charge in [-0.15, -0.1) is 11.3 Å². The lowest BCUT2D eigenvalue weighted by Gasteiger charge is -2.26. The molecule has 1 aromatic rings. The Balaban J connectivity index is 2.00. The van der Waals surface area contributed by atoms with Crippen LogP contribution in [0.4, 0.5) is 5.13 Å². The van der Waals surface area contributed by atoms with Crippen LogP contribution in [0.15, 0.2) is 0 Å². The van der Waals surface area contributed by atoms with Gasteiger partial charge in [-0.3, -0.25) is 0 Å². The van der Waals surface area contributed by atoms with Crippen LogP contribution in [0.2, 0.25) is 0 Å². The average Bonchev–Trinajstić information content (AvgIpc) is 2.82. The molecule has 112 valence electrons. The number of ether oxygens (including phenoxy) is 1. The molecular weight excluding hydrogens is 272 g/mol. The first kappa shape index (κ1) is 15.3. The Morgan fingerprint density at radius 3 is 2.75 bits per heavy atom. The van der Waals surface area contributed by atoms with Crippen LogP contribution in [0.25, 0.3) is 0 Å². The third-order valence-corrected chi connectivity index (χ3v) is 4.92. The van der Waals surface area contributed by atoms with Gasteiger partial charge in [-0.1, -0.05) is 19.3 Å². The van der Waals surface area contributed by atoms with Crippen LogP contribution < -0.4 is 4.90 Å². The topological polar surface area (TPSA) is 42.4 Å². The summed E-state index contributed by atoms with van der Waals surface area (Å²) in [6.45, 7) is 5.18. The van der Waals surface area contributed by atoms with Gasteiger partial charge >= 0.3 is 5.97 Å². The molecule has 0 atom stereocenters. The maximum atomic E-state index is 11.8. The second-order valence-electron chi connectivity index (χ2n) is 5.51. The Kier molecular flexibility index (Phi) is 5.40. The van der Waals surface area contributed by atoms with Crippen LogP contribution in [0.1, 0.15) is 54.4 Å². The van der Waals surface area contributed by atoms with E-state index in [2.05, 4.69) is 16.9 Å². The number of hydrogen-bond donors (Lipinski definition) is 0. The van der Waals surface area contributed by atoms with Gasteiger partial charge in [0, 0.05) is 18.5 Å². The van der Waals surface area contributed by atoms with E-state index in [0.29, 0.717) is 12.3 Å². The summed E-state index contributed by atoms with van der Waals surface area (Å²) in [7, 11) is 2.07. The quantitative estimate of drug-likeness (QED) is 0.778. The van der Waals surface area contributed by atoms with Crippen LogP contribution in [-0.2, 0) is 4.74 Å². The zero-order valence-electron chi connectivity index (χ0n) is 12.6. The first-order valence-electron chi connectivity index (χ1n) is 7.47. The highest BCUT2D eigenvalue weighted by molar-refractivity contribution is 7.15. The van der Waals surface area contributed by atoms with E-state index in [9.17, 15) is 4.79 Å². The van der Waals surface area contributed by atoms with Crippen molar-refractivity contribution in [3.05, 3.63) is 10.6 Å². The summed E-state index contributed by atoms with van der Waals surface area (Å²) in [6, 6.07) is 0. The standard InChI is InChI=1S/C15H24N2O2S/c1-4-19-14(18)13-11(2)20-15(16-13)17(3)10-12-8-6-5-7-9-12/h12H,4-10H2,1-3H3. The van der Waals surface area contributed by atoms with Crippen molar-refractivity contribution in [1.29, 1.82) is 0 Å². The molecule has 0 spiro atoms. The van der Waals surface area contributed by atoms with Gasteiger partial charge in [0.25, 0.3) is 0 Å². The number of aryl methyl sites for hydroxylation is 1. The summed E-state index contributed by atoms with van der Waals surface area (Å²) in [4.78, 5) is 19.4. The summed E-state index contributed by atoms with van der Waals surface area (Å²) in [5, 5.41) is 0.927. The molecule has 20 heavy (non-hydrogen) atoms. The average molecular weight is 296 g/mol. The number of carbonyl (C=O) groups is 1. The van der Waals surface area contributed by atoms with Crippen molar-refractivity contribution in [1.82, 2.24) is 4.98 Å². The van der Waals surface area contributed by atoms with E-state index in [-0.39, 0.29) is 5.97 Å². The molecule has 0 amide bonds. The van der Waals surface area contributed by atoms with Crippen molar-refractivity contribution < 1.29 is 9.53 Å². The molecule has 0 radical (unpaired) electrons.